The molecule has 3 nitrogen and oxygen atoms in total. The fourth-order valence-electron chi connectivity index (χ4n) is 3.70. The summed E-state index contributed by atoms with van der Waals surface area (Å²) < 4.78 is 0. The van der Waals surface area contributed by atoms with Gasteiger partial charge in [-0.3, -0.25) is 9.63 Å². The van der Waals surface area contributed by atoms with Gasteiger partial charge in [0.2, 0.25) is 0 Å². The number of benzene rings is 1. The first kappa shape index (κ1) is 14.3. The minimum Gasteiger partial charge on any atom is -0.273 e. The highest BCUT2D eigenvalue weighted by Crippen LogP contribution is 2.43. The first-order chi connectivity index (χ1) is 10.1. The molecule has 0 saturated heterocycles. The van der Waals surface area contributed by atoms with Crippen LogP contribution in [0.25, 0.3) is 5.57 Å². The number of hydrogen-bond acceptors (Lipinski definition) is 2. The van der Waals surface area contributed by atoms with Gasteiger partial charge in [0.05, 0.1) is 12.6 Å². The van der Waals surface area contributed by atoms with E-state index >= 15 is 0 Å². The molecule has 1 spiro atoms. The highest BCUT2D eigenvalue weighted by molar-refractivity contribution is 6.22. The van der Waals surface area contributed by atoms with Crippen molar-refractivity contribution < 1.29 is 9.63 Å². The van der Waals surface area contributed by atoms with Crippen molar-refractivity contribution in [1.29, 1.82) is 0 Å². The molecule has 1 aliphatic carbocycles. The van der Waals surface area contributed by atoms with Gasteiger partial charge < -0.3 is 0 Å². The molecule has 0 unspecified atom stereocenters. The van der Waals surface area contributed by atoms with Gasteiger partial charge in [0.15, 0.2) is 0 Å². The van der Waals surface area contributed by atoms with Gasteiger partial charge in [0.25, 0.3) is 5.91 Å². The molecule has 0 aromatic heterocycles. The van der Waals surface area contributed by atoms with Crippen LogP contribution in [0.2, 0.25) is 0 Å². The van der Waals surface area contributed by atoms with Crippen LogP contribution >= 0.6 is 0 Å². The fourth-order valence-corrected chi connectivity index (χ4v) is 3.70. The normalized spacial score (nSPS) is 21.0. The SMILES string of the molecule is CON1C(=O)C(c2cc(C)ccc2C)=CC12CCCCC2. The van der Waals surface area contributed by atoms with Crippen LogP contribution in [-0.2, 0) is 9.63 Å². The third-order valence-corrected chi connectivity index (χ3v) is 4.82. The zero-order valence-corrected chi connectivity index (χ0v) is 13.1. The smallest absolute Gasteiger partial charge is 0.273 e. The minimum atomic E-state index is -0.227. The lowest BCUT2D eigenvalue weighted by Gasteiger charge is -2.38. The van der Waals surface area contributed by atoms with E-state index in [0.29, 0.717) is 0 Å². The maximum Gasteiger partial charge on any atom is 0.278 e. The Morgan fingerprint density at radius 3 is 2.52 bits per heavy atom. The Kier molecular flexibility index (Phi) is 3.62. The molecule has 0 bridgehead atoms. The van der Waals surface area contributed by atoms with Gasteiger partial charge in [0.1, 0.15) is 0 Å². The van der Waals surface area contributed by atoms with Crippen molar-refractivity contribution in [2.24, 2.45) is 0 Å². The van der Waals surface area contributed by atoms with Gasteiger partial charge in [-0.15, -0.1) is 0 Å². The molecular weight excluding hydrogens is 262 g/mol. The van der Waals surface area contributed by atoms with Gasteiger partial charge in [0, 0.05) is 5.57 Å². The molecule has 1 aromatic carbocycles. The van der Waals surface area contributed by atoms with Crippen LogP contribution in [0.15, 0.2) is 24.3 Å². The summed E-state index contributed by atoms with van der Waals surface area (Å²) in [5.74, 6) is 0.00750. The average Bonchev–Trinajstić information content (AvgIpc) is 2.74. The molecular formula is C18H23NO2. The molecule has 1 saturated carbocycles. The lowest BCUT2D eigenvalue weighted by atomic mass is 9.81. The number of nitrogens with zero attached hydrogens (tertiary/aromatic N) is 1. The summed E-state index contributed by atoms with van der Waals surface area (Å²) in [6.07, 6.45) is 7.73. The molecule has 1 aliphatic heterocycles. The van der Waals surface area contributed by atoms with Crippen LogP contribution in [-0.4, -0.2) is 23.6 Å². The van der Waals surface area contributed by atoms with Crippen LogP contribution in [0.4, 0.5) is 0 Å². The lowest BCUT2D eigenvalue weighted by molar-refractivity contribution is -0.195. The predicted molar refractivity (Wildman–Crippen MR) is 83.6 cm³/mol. The van der Waals surface area contributed by atoms with Gasteiger partial charge in [-0.05, 0) is 43.9 Å². The Bertz CT molecular complexity index is 597. The van der Waals surface area contributed by atoms with Crippen LogP contribution in [0, 0.1) is 13.8 Å². The van der Waals surface area contributed by atoms with E-state index in [2.05, 4.69) is 38.1 Å². The highest BCUT2D eigenvalue weighted by atomic mass is 16.7. The Balaban J connectivity index is 2.07. The molecule has 3 heteroatoms. The molecule has 3 rings (SSSR count). The van der Waals surface area contributed by atoms with E-state index in [-0.39, 0.29) is 11.4 Å². The van der Waals surface area contributed by atoms with Crippen LogP contribution < -0.4 is 0 Å². The third kappa shape index (κ3) is 2.30. The van der Waals surface area contributed by atoms with Crippen molar-refractivity contribution in [3.63, 3.8) is 0 Å². The molecule has 0 N–H and O–H groups in total. The molecule has 0 radical (unpaired) electrons. The van der Waals surface area contributed by atoms with Crippen molar-refractivity contribution in [3.05, 3.63) is 41.0 Å². The van der Waals surface area contributed by atoms with E-state index in [4.69, 9.17) is 4.84 Å². The zero-order chi connectivity index (χ0) is 15.0. The van der Waals surface area contributed by atoms with E-state index in [9.17, 15) is 4.79 Å². The van der Waals surface area contributed by atoms with Gasteiger partial charge >= 0.3 is 0 Å². The average molecular weight is 285 g/mol. The molecule has 1 aromatic rings. The van der Waals surface area contributed by atoms with Crippen molar-refractivity contribution in [2.45, 2.75) is 51.5 Å². The second-order valence-corrected chi connectivity index (χ2v) is 6.32. The van der Waals surface area contributed by atoms with Crippen LogP contribution in [0.3, 0.4) is 0 Å². The lowest BCUT2D eigenvalue weighted by Crippen LogP contribution is -2.46. The van der Waals surface area contributed by atoms with Crippen molar-refractivity contribution in [2.75, 3.05) is 7.11 Å². The van der Waals surface area contributed by atoms with Gasteiger partial charge in [-0.2, -0.15) is 0 Å². The number of carbonyl (C=O) groups excluding carboxylic acids is 1. The summed E-state index contributed by atoms with van der Waals surface area (Å²) in [5, 5.41) is 1.61. The van der Waals surface area contributed by atoms with Crippen LogP contribution in [0.5, 0.6) is 0 Å². The van der Waals surface area contributed by atoms with Crippen molar-refractivity contribution in [1.82, 2.24) is 5.06 Å². The Morgan fingerprint density at radius 1 is 1.14 bits per heavy atom. The topological polar surface area (TPSA) is 29.5 Å². The van der Waals surface area contributed by atoms with Gasteiger partial charge in [-0.25, -0.2) is 5.06 Å². The second kappa shape index (κ2) is 5.30. The first-order valence-electron chi connectivity index (χ1n) is 7.76. The van der Waals surface area contributed by atoms with E-state index in [0.717, 1.165) is 42.4 Å². The highest BCUT2D eigenvalue weighted by Gasteiger charge is 2.46. The van der Waals surface area contributed by atoms with Crippen molar-refractivity contribution in [3.8, 4) is 0 Å². The Hall–Kier alpha value is -1.61. The molecule has 21 heavy (non-hydrogen) atoms. The Morgan fingerprint density at radius 2 is 1.86 bits per heavy atom. The predicted octanol–water partition coefficient (Wildman–Crippen LogP) is 3.79. The number of hydroxylamine groups is 2. The van der Waals surface area contributed by atoms with Crippen LogP contribution in [0.1, 0.15) is 48.8 Å². The molecule has 1 fully saturated rings. The summed E-state index contributed by atoms with van der Waals surface area (Å²) in [4.78, 5) is 18.3. The number of hydrogen-bond donors (Lipinski definition) is 0. The second-order valence-electron chi connectivity index (χ2n) is 6.32. The third-order valence-electron chi connectivity index (χ3n) is 4.82. The van der Waals surface area contributed by atoms with E-state index < -0.39 is 0 Å². The molecule has 1 heterocycles. The fraction of sp³-hybridized carbons (Fsp3) is 0.500. The van der Waals surface area contributed by atoms with Crippen molar-refractivity contribution >= 4 is 11.5 Å². The maximum absolute atomic E-state index is 12.8. The standard InChI is InChI=1S/C18H23NO2/c1-13-7-8-14(2)15(11-13)16-12-18(9-5-4-6-10-18)19(21-3)17(16)20/h7-8,11-12H,4-6,9-10H2,1-3H3. The molecule has 1 amide bonds. The van der Waals surface area contributed by atoms with E-state index in [1.807, 2.05) is 0 Å². The maximum atomic E-state index is 12.8. The van der Waals surface area contributed by atoms with E-state index in [1.165, 1.54) is 12.0 Å². The Labute approximate surface area is 126 Å². The summed E-state index contributed by atoms with van der Waals surface area (Å²) >= 11 is 0. The quantitative estimate of drug-likeness (QED) is 0.827. The largest absolute Gasteiger partial charge is 0.278 e. The number of carbonyl (C=O) groups is 1. The summed E-state index contributed by atoms with van der Waals surface area (Å²) in [5.41, 5.74) is 3.95. The zero-order valence-electron chi connectivity index (χ0n) is 13.1. The molecule has 2 aliphatic rings. The summed E-state index contributed by atoms with van der Waals surface area (Å²) in [6, 6.07) is 6.28. The van der Waals surface area contributed by atoms with E-state index in [1.54, 1.807) is 12.2 Å². The van der Waals surface area contributed by atoms with Gasteiger partial charge in [-0.1, -0.05) is 43.0 Å². The number of amides is 1. The minimum absolute atomic E-state index is 0.00750. The summed E-state index contributed by atoms with van der Waals surface area (Å²) in [6.45, 7) is 4.12. The number of aryl methyl sites for hydroxylation is 2. The number of rotatable bonds is 2. The molecule has 112 valence electrons. The first-order valence-corrected chi connectivity index (χ1v) is 7.76. The monoisotopic (exact) mass is 285 g/mol. The molecule has 0 atom stereocenters. The summed E-state index contributed by atoms with van der Waals surface area (Å²) in [7, 11) is 1.61.